The Morgan fingerprint density at radius 2 is 2.31 bits per heavy atom. The highest BCUT2D eigenvalue weighted by molar-refractivity contribution is 7.09. The number of rotatable bonds is 3. The molecule has 0 spiro atoms. The molecule has 0 unspecified atom stereocenters. The van der Waals surface area contributed by atoms with Gasteiger partial charge in [-0.1, -0.05) is 11.6 Å². The van der Waals surface area contributed by atoms with E-state index in [4.69, 9.17) is 16.7 Å². The van der Waals surface area contributed by atoms with Crippen LogP contribution in [-0.4, -0.2) is 16.1 Å². The van der Waals surface area contributed by atoms with Gasteiger partial charge in [-0.25, -0.2) is 9.78 Å². The topological polar surface area (TPSA) is 50.2 Å². The zero-order valence-electron chi connectivity index (χ0n) is 8.18. The highest BCUT2D eigenvalue weighted by atomic mass is 35.5. The van der Waals surface area contributed by atoms with Gasteiger partial charge in [0.05, 0.1) is 10.6 Å². The van der Waals surface area contributed by atoms with Crippen molar-refractivity contribution in [3.8, 4) is 0 Å². The maximum absolute atomic E-state index is 10.8. The SMILES string of the molecule is O=C(O)c1ccc(Cl)c(Cc2nccs2)c1. The highest BCUT2D eigenvalue weighted by Gasteiger charge is 2.08. The van der Waals surface area contributed by atoms with Crippen LogP contribution in [0.5, 0.6) is 0 Å². The van der Waals surface area contributed by atoms with E-state index in [-0.39, 0.29) is 5.56 Å². The lowest BCUT2D eigenvalue weighted by molar-refractivity contribution is 0.0697. The molecular weight excluding hydrogens is 246 g/mol. The van der Waals surface area contributed by atoms with E-state index in [0.717, 1.165) is 10.6 Å². The van der Waals surface area contributed by atoms with Gasteiger partial charge in [-0.3, -0.25) is 0 Å². The molecule has 0 saturated heterocycles. The van der Waals surface area contributed by atoms with Gasteiger partial charge >= 0.3 is 5.97 Å². The zero-order chi connectivity index (χ0) is 11.5. The second-order valence-corrected chi connectivity index (χ2v) is 4.60. The van der Waals surface area contributed by atoms with E-state index in [1.54, 1.807) is 18.3 Å². The molecule has 5 heteroatoms. The van der Waals surface area contributed by atoms with Gasteiger partial charge in [-0.05, 0) is 23.8 Å². The first-order chi connectivity index (χ1) is 7.66. The summed E-state index contributed by atoms with van der Waals surface area (Å²) in [4.78, 5) is 15.0. The minimum atomic E-state index is -0.947. The van der Waals surface area contributed by atoms with Gasteiger partial charge in [0, 0.05) is 23.0 Å². The molecule has 0 aliphatic rings. The minimum Gasteiger partial charge on any atom is -0.478 e. The van der Waals surface area contributed by atoms with E-state index < -0.39 is 5.97 Å². The first kappa shape index (κ1) is 11.1. The number of benzene rings is 1. The number of aromatic carboxylic acids is 1. The molecular formula is C11H8ClNO2S. The number of thiazole rings is 1. The molecule has 1 aromatic heterocycles. The predicted molar refractivity (Wildman–Crippen MR) is 63.3 cm³/mol. The maximum Gasteiger partial charge on any atom is 0.335 e. The number of carbonyl (C=O) groups is 1. The average Bonchev–Trinajstić information content (AvgIpc) is 2.73. The Labute approximate surface area is 101 Å². The Hall–Kier alpha value is -1.39. The van der Waals surface area contributed by atoms with Crippen LogP contribution in [0.4, 0.5) is 0 Å². The minimum absolute atomic E-state index is 0.246. The fraction of sp³-hybridized carbons (Fsp3) is 0.0909. The summed E-state index contributed by atoms with van der Waals surface area (Å²) in [6.45, 7) is 0. The Bertz CT molecular complexity index is 511. The van der Waals surface area contributed by atoms with E-state index in [2.05, 4.69) is 4.98 Å². The van der Waals surface area contributed by atoms with Crippen LogP contribution < -0.4 is 0 Å². The summed E-state index contributed by atoms with van der Waals surface area (Å²) in [5, 5.41) is 12.2. The normalized spacial score (nSPS) is 10.3. The Morgan fingerprint density at radius 1 is 1.50 bits per heavy atom. The quantitative estimate of drug-likeness (QED) is 0.915. The third kappa shape index (κ3) is 2.40. The number of carboxylic acids is 1. The molecule has 16 heavy (non-hydrogen) atoms. The zero-order valence-corrected chi connectivity index (χ0v) is 9.76. The van der Waals surface area contributed by atoms with Crippen molar-refractivity contribution in [3.63, 3.8) is 0 Å². The lowest BCUT2D eigenvalue weighted by atomic mass is 10.1. The summed E-state index contributed by atoms with van der Waals surface area (Å²) in [6.07, 6.45) is 2.28. The van der Waals surface area contributed by atoms with Gasteiger partial charge in [-0.15, -0.1) is 11.3 Å². The van der Waals surface area contributed by atoms with Crippen molar-refractivity contribution in [1.29, 1.82) is 0 Å². The van der Waals surface area contributed by atoms with E-state index in [1.807, 2.05) is 5.38 Å². The molecule has 1 heterocycles. The van der Waals surface area contributed by atoms with Gasteiger partial charge in [0.2, 0.25) is 0 Å². The maximum atomic E-state index is 10.8. The summed E-state index contributed by atoms with van der Waals surface area (Å²) in [6, 6.07) is 4.69. The van der Waals surface area contributed by atoms with Gasteiger partial charge in [0.15, 0.2) is 0 Å². The predicted octanol–water partition coefficient (Wildman–Crippen LogP) is 3.09. The number of hydrogen-bond donors (Lipinski definition) is 1. The van der Waals surface area contributed by atoms with Gasteiger partial charge in [0.1, 0.15) is 0 Å². The van der Waals surface area contributed by atoms with Gasteiger partial charge in [-0.2, -0.15) is 0 Å². The second kappa shape index (κ2) is 4.63. The highest BCUT2D eigenvalue weighted by Crippen LogP contribution is 2.21. The van der Waals surface area contributed by atoms with E-state index in [9.17, 15) is 4.79 Å². The molecule has 0 atom stereocenters. The van der Waals surface area contributed by atoms with Crippen molar-refractivity contribution in [3.05, 3.63) is 50.9 Å². The third-order valence-electron chi connectivity index (χ3n) is 2.12. The van der Waals surface area contributed by atoms with E-state index >= 15 is 0 Å². The van der Waals surface area contributed by atoms with Crippen LogP contribution in [0.1, 0.15) is 20.9 Å². The average molecular weight is 254 g/mol. The van der Waals surface area contributed by atoms with E-state index in [1.165, 1.54) is 17.4 Å². The van der Waals surface area contributed by atoms with Crippen molar-refractivity contribution >= 4 is 28.9 Å². The number of nitrogens with zero attached hydrogens (tertiary/aromatic N) is 1. The third-order valence-corrected chi connectivity index (χ3v) is 3.27. The molecule has 0 saturated carbocycles. The Balaban J connectivity index is 2.32. The lowest BCUT2D eigenvalue weighted by Gasteiger charge is -2.03. The van der Waals surface area contributed by atoms with Crippen LogP contribution in [0.15, 0.2) is 29.8 Å². The molecule has 0 fully saturated rings. The number of hydrogen-bond acceptors (Lipinski definition) is 3. The van der Waals surface area contributed by atoms with Crippen LogP contribution in [0.2, 0.25) is 5.02 Å². The Kier molecular flexibility index (Phi) is 3.22. The van der Waals surface area contributed by atoms with Crippen LogP contribution >= 0.6 is 22.9 Å². The van der Waals surface area contributed by atoms with Crippen molar-refractivity contribution in [2.75, 3.05) is 0 Å². The van der Waals surface area contributed by atoms with Crippen molar-refractivity contribution in [2.45, 2.75) is 6.42 Å². The second-order valence-electron chi connectivity index (χ2n) is 3.21. The van der Waals surface area contributed by atoms with Crippen molar-refractivity contribution in [1.82, 2.24) is 4.98 Å². The lowest BCUT2D eigenvalue weighted by Crippen LogP contribution is -1.98. The summed E-state index contributed by atoms with van der Waals surface area (Å²) >= 11 is 7.53. The van der Waals surface area contributed by atoms with Crippen LogP contribution in [0, 0.1) is 0 Å². The van der Waals surface area contributed by atoms with Crippen LogP contribution in [-0.2, 0) is 6.42 Å². The number of aromatic nitrogens is 1. The van der Waals surface area contributed by atoms with Gasteiger partial charge in [0.25, 0.3) is 0 Å². The summed E-state index contributed by atoms with van der Waals surface area (Å²) in [5.41, 5.74) is 1.03. The molecule has 0 bridgehead atoms. The first-order valence-electron chi connectivity index (χ1n) is 4.57. The fourth-order valence-electron chi connectivity index (χ4n) is 1.35. The summed E-state index contributed by atoms with van der Waals surface area (Å²) < 4.78 is 0. The number of carboxylic acid groups (broad SMARTS) is 1. The van der Waals surface area contributed by atoms with Crippen molar-refractivity contribution < 1.29 is 9.90 Å². The monoisotopic (exact) mass is 253 g/mol. The molecule has 0 aliphatic heterocycles. The molecule has 0 radical (unpaired) electrons. The van der Waals surface area contributed by atoms with Crippen LogP contribution in [0.3, 0.4) is 0 Å². The van der Waals surface area contributed by atoms with Gasteiger partial charge < -0.3 is 5.11 Å². The van der Waals surface area contributed by atoms with Crippen molar-refractivity contribution in [2.24, 2.45) is 0 Å². The standard InChI is InChI=1S/C11H8ClNO2S/c12-9-2-1-7(11(14)15)5-8(9)6-10-13-3-4-16-10/h1-5H,6H2,(H,14,15). The fourth-order valence-corrected chi connectivity index (χ4v) is 2.17. The first-order valence-corrected chi connectivity index (χ1v) is 5.82. The van der Waals surface area contributed by atoms with E-state index in [0.29, 0.717) is 11.4 Å². The molecule has 3 nitrogen and oxygen atoms in total. The largest absolute Gasteiger partial charge is 0.478 e. The van der Waals surface area contributed by atoms with Crippen LogP contribution in [0.25, 0.3) is 0 Å². The molecule has 1 N–H and O–H groups in total. The molecule has 2 aromatic rings. The number of halogens is 1. The smallest absolute Gasteiger partial charge is 0.335 e. The summed E-state index contributed by atoms with van der Waals surface area (Å²) in [5.74, 6) is -0.947. The molecule has 0 aliphatic carbocycles. The molecule has 0 amide bonds. The Morgan fingerprint density at radius 3 is 2.94 bits per heavy atom. The molecule has 2 rings (SSSR count). The summed E-state index contributed by atoms with van der Waals surface area (Å²) in [7, 11) is 0. The molecule has 1 aromatic carbocycles. The molecule has 82 valence electrons.